The first-order chi connectivity index (χ1) is 12.6. The van der Waals surface area contributed by atoms with Crippen LogP contribution >= 0.6 is 12.8 Å². The predicted molar refractivity (Wildman–Crippen MR) is 105 cm³/mol. The minimum absolute atomic E-state index is 0.113. The number of aryl methyl sites for hydroxylation is 1. The first-order valence-electron chi connectivity index (χ1n) is 9.97. The van der Waals surface area contributed by atoms with Crippen molar-refractivity contribution < 1.29 is 9.59 Å². The summed E-state index contributed by atoms with van der Waals surface area (Å²) in [7, 11) is 0. The van der Waals surface area contributed by atoms with Crippen molar-refractivity contribution in [3.05, 3.63) is 35.4 Å². The number of amides is 1. The summed E-state index contributed by atoms with van der Waals surface area (Å²) in [5.41, 5.74) is 2.82. The van der Waals surface area contributed by atoms with Crippen LogP contribution in [0, 0.1) is 11.8 Å². The number of nitrogens with zero attached hydrogens (tertiary/aromatic N) is 2. The van der Waals surface area contributed by atoms with Crippen LogP contribution in [0.25, 0.3) is 0 Å². The van der Waals surface area contributed by atoms with E-state index in [0.717, 1.165) is 58.2 Å². The number of fused-ring (bicyclic) bond motifs is 1. The summed E-state index contributed by atoms with van der Waals surface area (Å²) < 4.78 is 1.80. The Bertz CT molecular complexity index is 686. The van der Waals surface area contributed by atoms with Crippen LogP contribution in [0.1, 0.15) is 43.2 Å². The summed E-state index contributed by atoms with van der Waals surface area (Å²) in [5.74, 6) is 0.609. The standard InChI is InChI=1S/C21H28N2O2S/c24-19(14-15-7-8-16-5-1-2-6-17(16)13-15)18-9-12-23(26)20(18)21(25)22-10-3-4-11-22/h1-2,5-6,15,18,20,26H,3-4,7-14H2/t15?,18?,20-/m1/s1. The second-order valence-corrected chi connectivity index (χ2v) is 8.60. The van der Waals surface area contributed by atoms with Gasteiger partial charge in [0.25, 0.3) is 0 Å². The molecule has 0 aromatic heterocycles. The molecule has 3 atom stereocenters. The summed E-state index contributed by atoms with van der Waals surface area (Å²) >= 11 is 4.51. The summed E-state index contributed by atoms with van der Waals surface area (Å²) in [5, 5.41) is 0. The molecule has 1 aromatic carbocycles. The van der Waals surface area contributed by atoms with Crippen LogP contribution in [0.5, 0.6) is 0 Å². The van der Waals surface area contributed by atoms with Gasteiger partial charge in [0.15, 0.2) is 0 Å². The maximum atomic E-state index is 13.1. The number of likely N-dealkylation sites (tertiary alicyclic amines) is 1. The summed E-state index contributed by atoms with van der Waals surface area (Å²) in [6.07, 6.45) is 6.64. The van der Waals surface area contributed by atoms with E-state index in [1.807, 2.05) is 4.90 Å². The van der Waals surface area contributed by atoms with E-state index < -0.39 is 0 Å². The molecule has 0 radical (unpaired) electrons. The Kier molecular flexibility index (Phi) is 5.37. The van der Waals surface area contributed by atoms with Crippen molar-refractivity contribution in [2.45, 2.75) is 51.0 Å². The van der Waals surface area contributed by atoms with Gasteiger partial charge in [0, 0.05) is 32.0 Å². The average Bonchev–Trinajstić information content (AvgIpc) is 3.31. The van der Waals surface area contributed by atoms with Crippen LogP contribution in [0.4, 0.5) is 0 Å². The van der Waals surface area contributed by atoms with Gasteiger partial charge in [0.1, 0.15) is 11.8 Å². The molecule has 1 aliphatic carbocycles. The lowest BCUT2D eigenvalue weighted by molar-refractivity contribution is -0.138. The lowest BCUT2D eigenvalue weighted by Crippen LogP contribution is -2.46. The molecular weight excluding hydrogens is 344 g/mol. The molecule has 2 fully saturated rings. The number of hydrogen-bond acceptors (Lipinski definition) is 4. The lowest BCUT2D eigenvalue weighted by atomic mass is 9.79. The average molecular weight is 373 g/mol. The van der Waals surface area contributed by atoms with Crippen LogP contribution in [0.15, 0.2) is 24.3 Å². The highest BCUT2D eigenvalue weighted by Crippen LogP contribution is 2.33. The normalized spacial score (nSPS) is 29.0. The van der Waals surface area contributed by atoms with Crippen LogP contribution in [-0.2, 0) is 22.4 Å². The van der Waals surface area contributed by atoms with Crippen LogP contribution < -0.4 is 0 Å². The molecule has 1 aromatic rings. The van der Waals surface area contributed by atoms with E-state index in [0.29, 0.717) is 12.3 Å². The Labute approximate surface area is 161 Å². The monoisotopic (exact) mass is 372 g/mol. The van der Waals surface area contributed by atoms with Crippen molar-refractivity contribution in [1.29, 1.82) is 0 Å². The van der Waals surface area contributed by atoms with E-state index in [4.69, 9.17) is 0 Å². The Morgan fingerprint density at radius 2 is 1.77 bits per heavy atom. The van der Waals surface area contributed by atoms with Crippen molar-refractivity contribution in [2.24, 2.45) is 11.8 Å². The smallest absolute Gasteiger partial charge is 0.241 e. The third kappa shape index (κ3) is 3.56. The molecule has 4 nitrogen and oxygen atoms in total. The minimum atomic E-state index is -0.361. The van der Waals surface area contributed by atoms with E-state index in [-0.39, 0.29) is 23.7 Å². The zero-order valence-corrected chi connectivity index (χ0v) is 16.2. The molecule has 3 aliphatic rings. The molecule has 0 N–H and O–H groups in total. The Morgan fingerprint density at radius 1 is 1.04 bits per heavy atom. The highest BCUT2D eigenvalue weighted by atomic mass is 32.1. The number of ketones is 1. The number of carbonyl (C=O) groups excluding carboxylic acids is 2. The van der Waals surface area contributed by atoms with Gasteiger partial charge in [-0.3, -0.25) is 9.59 Å². The minimum Gasteiger partial charge on any atom is -0.341 e. The SMILES string of the molecule is O=C(CC1CCc2ccccc2C1)C1CCN(S)[C@H]1C(=O)N1CCCC1. The van der Waals surface area contributed by atoms with Gasteiger partial charge in [-0.25, -0.2) is 4.31 Å². The lowest BCUT2D eigenvalue weighted by Gasteiger charge is -2.29. The van der Waals surface area contributed by atoms with Crippen molar-refractivity contribution in [3.63, 3.8) is 0 Å². The fourth-order valence-electron chi connectivity index (χ4n) is 4.92. The number of Topliss-reactive ketones (excluding diaryl/α,β-unsaturated/α-hetero) is 1. The summed E-state index contributed by atoms with van der Waals surface area (Å²) in [6.45, 7) is 2.38. The summed E-state index contributed by atoms with van der Waals surface area (Å²) in [4.78, 5) is 27.9. The molecule has 0 spiro atoms. The van der Waals surface area contributed by atoms with Gasteiger partial charge in [-0.15, -0.1) is 0 Å². The van der Waals surface area contributed by atoms with E-state index >= 15 is 0 Å². The fraction of sp³-hybridized carbons (Fsp3) is 0.619. The van der Waals surface area contributed by atoms with Gasteiger partial charge in [0.2, 0.25) is 5.91 Å². The van der Waals surface area contributed by atoms with Gasteiger partial charge in [-0.2, -0.15) is 0 Å². The molecule has 140 valence electrons. The number of thiol groups is 1. The van der Waals surface area contributed by atoms with Crippen LogP contribution in [-0.4, -0.2) is 46.6 Å². The van der Waals surface area contributed by atoms with Crippen molar-refractivity contribution >= 4 is 24.5 Å². The molecule has 26 heavy (non-hydrogen) atoms. The molecular formula is C21H28N2O2S. The molecule has 4 rings (SSSR count). The number of rotatable bonds is 4. The van der Waals surface area contributed by atoms with Crippen molar-refractivity contribution in [3.8, 4) is 0 Å². The zero-order valence-electron chi connectivity index (χ0n) is 15.3. The molecule has 0 bridgehead atoms. The third-order valence-electron chi connectivity index (χ3n) is 6.39. The molecule has 0 saturated carbocycles. The first-order valence-corrected chi connectivity index (χ1v) is 10.4. The molecule has 2 saturated heterocycles. The summed E-state index contributed by atoms with van der Waals surface area (Å²) in [6, 6.07) is 8.21. The van der Waals surface area contributed by atoms with Crippen molar-refractivity contribution in [1.82, 2.24) is 9.21 Å². The van der Waals surface area contributed by atoms with Crippen LogP contribution in [0.3, 0.4) is 0 Å². The van der Waals surface area contributed by atoms with Gasteiger partial charge >= 0.3 is 0 Å². The molecule has 5 heteroatoms. The van der Waals surface area contributed by atoms with Gasteiger partial charge in [-0.05, 0) is 55.6 Å². The van der Waals surface area contributed by atoms with E-state index in [1.165, 1.54) is 11.1 Å². The maximum Gasteiger partial charge on any atom is 0.241 e. The van der Waals surface area contributed by atoms with Crippen LogP contribution in [0.2, 0.25) is 0 Å². The van der Waals surface area contributed by atoms with E-state index in [2.05, 4.69) is 37.1 Å². The Morgan fingerprint density at radius 3 is 2.54 bits per heavy atom. The molecule has 2 aliphatic heterocycles. The fourth-order valence-corrected chi connectivity index (χ4v) is 5.30. The Hall–Kier alpha value is -1.33. The van der Waals surface area contributed by atoms with Gasteiger partial charge in [-0.1, -0.05) is 37.1 Å². The van der Waals surface area contributed by atoms with Gasteiger partial charge in [0.05, 0.1) is 0 Å². The predicted octanol–water partition coefficient (Wildman–Crippen LogP) is 2.91. The van der Waals surface area contributed by atoms with Crippen molar-refractivity contribution in [2.75, 3.05) is 19.6 Å². The Balaban J connectivity index is 1.41. The van der Waals surface area contributed by atoms with Gasteiger partial charge < -0.3 is 4.90 Å². The number of hydrogen-bond donors (Lipinski definition) is 1. The van der Waals surface area contributed by atoms with E-state index in [1.54, 1.807) is 4.31 Å². The quantitative estimate of drug-likeness (QED) is 0.826. The first kappa shape index (κ1) is 18.1. The molecule has 2 unspecified atom stereocenters. The largest absolute Gasteiger partial charge is 0.341 e. The molecule has 1 amide bonds. The molecule has 2 heterocycles. The second-order valence-electron chi connectivity index (χ2n) is 8.08. The topological polar surface area (TPSA) is 40.6 Å². The highest BCUT2D eigenvalue weighted by molar-refractivity contribution is 7.77. The number of carbonyl (C=O) groups is 2. The number of benzene rings is 1. The zero-order chi connectivity index (χ0) is 18.1. The highest BCUT2D eigenvalue weighted by Gasteiger charge is 2.44. The third-order valence-corrected chi connectivity index (χ3v) is 6.84. The second kappa shape index (κ2) is 7.73. The maximum absolute atomic E-state index is 13.1. The van der Waals surface area contributed by atoms with E-state index in [9.17, 15) is 9.59 Å².